The van der Waals surface area contributed by atoms with Gasteiger partial charge in [-0.1, -0.05) is 81.0 Å². The Kier molecular flexibility index (Phi) is 13.0. The number of amides is 5. The van der Waals surface area contributed by atoms with Gasteiger partial charge in [0.25, 0.3) is 5.91 Å². The van der Waals surface area contributed by atoms with Crippen molar-refractivity contribution in [2.24, 2.45) is 17.8 Å². The molecule has 0 spiro atoms. The van der Waals surface area contributed by atoms with Gasteiger partial charge >= 0.3 is 6.03 Å². The predicted molar refractivity (Wildman–Crippen MR) is 178 cm³/mol. The van der Waals surface area contributed by atoms with Gasteiger partial charge in [0.2, 0.25) is 17.6 Å². The second kappa shape index (κ2) is 16.5. The van der Waals surface area contributed by atoms with Gasteiger partial charge in [-0.3, -0.25) is 23.4 Å². The number of likely N-dealkylation sites (tertiary alicyclic amines) is 1. The number of piperidine rings is 1. The van der Waals surface area contributed by atoms with E-state index in [1.807, 2.05) is 27.7 Å². The molecular weight excluding hydrogens is 622 g/mol. The first-order valence-corrected chi connectivity index (χ1v) is 18.9. The lowest BCUT2D eigenvalue weighted by Gasteiger charge is -2.40. The van der Waals surface area contributed by atoms with E-state index in [9.17, 15) is 32.7 Å². The van der Waals surface area contributed by atoms with Gasteiger partial charge in [0.05, 0.1) is 11.6 Å². The second-order valence-electron chi connectivity index (χ2n) is 14.3. The average Bonchev–Trinajstić information content (AvgIpc) is 3.61. The molecule has 264 valence electrons. The van der Waals surface area contributed by atoms with Gasteiger partial charge in [0.15, 0.2) is 0 Å². The molecule has 12 nitrogen and oxygen atoms in total. The molecular formula is C34H54N5O7S-. The van der Waals surface area contributed by atoms with Gasteiger partial charge in [-0.05, 0) is 58.3 Å². The zero-order valence-electron chi connectivity index (χ0n) is 28.5. The molecule has 1 heterocycles. The monoisotopic (exact) mass is 676 g/mol. The zero-order valence-corrected chi connectivity index (χ0v) is 29.3. The molecule has 0 bridgehead atoms. The van der Waals surface area contributed by atoms with E-state index in [1.54, 1.807) is 4.90 Å². The molecule has 4 aliphatic rings. The molecule has 0 aromatic rings. The summed E-state index contributed by atoms with van der Waals surface area (Å²) in [6.45, 7) is 8.42. The highest BCUT2D eigenvalue weighted by atomic mass is 32.2. The SMILES string of the molecule is CCCNC(=O)C(=O)C(CCC)NC(=O)C1C2C(=C(C)C)C2CN1C(=O)C(NC(=O)NC1(CS(=O)[O-])CCCCC1)C1CCCCC1. The van der Waals surface area contributed by atoms with Gasteiger partial charge < -0.3 is 30.7 Å². The first kappa shape index (κ1) is 37.0. The Bertz CT molecular complexity index is 1240. The van der Waals surface area contributed by atoms with Gasteiger partial charge in [-0.15, -0.1) is 0 Å². The van der Waals surface area contributed by atoms with Crippen LogP contribution >= 0.6 is 0 Å². The molecule has 1 saturated heterocycles. The Balaban J connectivity index is 1.57. The van der Waals surface area contributed by atoms with E-state index >= 15 is 0 Å². The van der Waals surface area contributed by atoms with Crippen molar-refractivity contribution in [3.63, 3.8) is 0 Å². The van der Waals surface area contributed by atoms with E-state index in [0.29, 0.717) is 38.8 Å². The Morgan fingerprint density at radius 1 is 0.957 bits per heavy atom. The average molecular weight is 677 g/mol. The predicted octanol–water partition coefficient (Wildman–Crippen LogP) is 2.99. The molecule has 6 unspecified atom stereocenters. The third-order valence-electron chi connectivity index (χ3n) is 10.5. The van der Waals surface area contributed by atoms with E-state index in [2.05, 4.69) is 21.3 Å². The number of Topliss-reactive ketones (excluding diaryl/α,β-unsaturated/α-hetero) is 1. The fraction of sp³-hybridized carbons (Fsp3) is 0.794. The summed E-state index contributed by atoms with van der Waals surface area (Å²) >= 11 is -2.34. The van der Waals surface area contributed by atoms with Crippen molar-refractivity contribution in [2.45, 2.75) is 135 Å². The highest BCUT2D eigenvalue weighted by Gasteiger charge is 2.62. The molecule has 4 fully saturated rings. The van der Waals surface area contributed by atoms with Crippen molar-refractivity contribution >= 4 is 40.6 Å². The third-order valence-corrected chi connectivity index (χ3v) is 11.3. The number of allylic oxidation sites excluding steroid dienone is 1. The smallest absolute Gasteiger partial charge is 0.315 e. The Morgan fingerprint density at radius 3 is 2.21 bits per heavy atom. The van der Waals surface area contributed by atoms with Crippen molar-refractivity contribution in [2.75, 3.05) is 18.8 Å². The van der Waals surface area contributed by atoms with Crippen LogP contribution in [-0.2, 0) is 30.3 Å². The number of rotatable bonds is 14. The molecule has 0 aromatic carbocycles. The minimum atomic E-state index is -2.34. The summed E-state index contributed by atoms with van der Waals surface area (Å²) in [5.74, 6) is -2.71. The van der Waals surface area contributed by atoms with Crippen LogP contribution in [0.4, 0.5) is 4.79 Å². The van der Waals surface area contributed by atoms with E-state index in [-0.39, 0.29) is 35.8 Å². The van der Waals surface area contributed by atoms with Gasteiger partial charge in [0, 0.05) is 30.7 Å². The quantitative estimate of drug-likeness (QED) is 0.124. The molecule has 3 saturated carbocycles. The van der Waals surface area contributed by atoms with E-state index in [0.717, 1.165) is 62.5 Å². The number of urea groups is 1. The van der Waals surface area contributed by atoms with E-state index < -0.39 is 58.4 Å². The molecule has 1 aliphatic heterocycles. The summed E-state index contributed by atoms with van der Waals surface area (Å²) in [6, 6.07) is -3.33. The second-order valence-corrected chi connectivity index (χ2v) is 15.2. The fourth-order valence-corrected chi connectivity index (χ4v) is 9.01. The number of carbonyl (C=O) groups is 5. The summed E-state index contributed by atoms with van der Waals surface area (Å²) in [4.78, 5) is 69.3. The van der Waals surface area contributed by atoms with Crippen LogP contribution in [0.25, 0.3) is 0 Å². The van der Waals surface area contributed by atoms with Crippen LogP contribution < -0.4 is 21.3 Å². The molecule has 0 aromatic heterocycles. The highest BCUT2D eigenvalue weighted by molar-refractivity contribution is 7.79. The molecule has 3 aliphatic carbocycles. The molecule has 5 amide bonds. The Hall–Kier alpha value is -2.80. The van der Waals surface area contributed by atoms with Crippen LogP contribution in [0.15, 0.2) is 11.1 Å². The minimum Gasteiger partial charge on any atom is -0.772 e. The van der Waals surface area contributed by atoms with Crippen LogP contribution in [0.2, 0.25) is 0 Å². The maximum atomic E-state index is 14.5. The summed E-state index contributed by atoms with van der Waals surface area (Å²) in [6.07, 6.45) is 9.62. The maximum Gasteiger partial charge on any atom is 0.315 e. The van der Waals surface area contributed by atoms with Crippen molar-refractivity contribution in [3.05, 3.63) is 11.1 Å². The van der Waals surface area contributed by atoms with E-state index in [1.165, 1.54) is 0 Å². The van der Waals surface area contributed by atoms with Crippen LogP contribution in [0, 0.1) is 17.8 Å². The van der Waals surface area contributed by atoms with Crippen LogP contribution in [0.3, 0.4) is 0 Å². The fourth-order valence-electron chi connectivity index (χ4n) is 8.20. The van der Waals surface area contributed by atoms with Crippen LogP contribution in [0.5, 0.6) is 0 Å². The summed E-state index contributed by atoms with van der Waals surface area (Å²) in [5, 5.41) is 11.3. The van der Waals surface area contributed by atoms with Crippen LogP contribution in [-0.4, -0.2) is 85.7 Å². The standard InChI is InChI=1S/C34H55N5O7S/c1-5-13-24(29(40)31(42)35-18-6-2)36-30(41)28-26-23(25(26)21(3)4)19-39(28)32(43)27(22-14-9-7-10-15-22)37-33(44)38-34(20-47(45)46)16-11-8-12-17-34/h22-24,26-28H,5-20H2,1-4H3,(H,35,42)(H,36,41)(H,45,46)(H2,37,38,44)/p-1. The van der Waals surface area contributed by atoms with Gasteiger partial charge in [-0.2, -0.15) is 0 Å². The summed E-state index contributed by atoms with van der Waals surface area (Å²) < 4.78 is 23.5. The topological polar surface area (TPSA) is 177 Å². The Labute approximate surface area is 281 Å². The summed E-state index contributed by atoms with van der Waals surface area (Å²) in [7, 11) is 0. The minimum absolute atomic E-state index is 0.0197. The van der Waals surface area contributed by atoms with Crippen molar-refractivity contribution < 1.29 is 32.7 Å². The van der Waals surface area contributed by atoms with Crippen molar-refractivity contribution in [1.82, 2.24) is 26.2 Å². The van der Waals surface area contributed by atoms with Crippen molar-refractivity contribution in [1.29, 1.82) is 0 Å². The largest absolute Gasteiger partial charge is 0.772 e. The zero-order chi connectivity index (χ0) is 34.3. The highest BCUT2D eigenvalue weighted by Crippen LogP contribution is 2.56. The molecule has 4 N–H and O–H groups in total. The molecule has 6 atom stereocenters. The first-order valence-electron chi connectivity index (χ1n) is 17.7. The number of nitrogens with zero attached hydrogens (tertiary/aromatic N) is 1. The van der Waals surface area contributed by atoms with Gasteiger partial charge in [0.1, 0.15) is 12.1 Å². The molecule has 4 rings (SSSR count). The third kappa shape index (κ3) is 9.01. The molecule has 0 radical (unpaired) electrons. The number of fused-ring (bicyclic) bond motifs is 1. The van der Waals surface area contributed by atoms with Crippen molar-refractivity contribution in [3.8, 4) is 0 Å². The number of carbonyl (C=O) groups excluding carboxylic acids is 5. The molecule has 13 heteroatoms. The lowest BCUT2D eigenvalue weighted by atomic mass is 9.82. The number of hydrogen-bond donors (Lipinski definition) is 4. The molecule has 47 heavy (non-hydrogen) atoms. The maximum absolute atomic E-state index is 14.5. The van der Waals surface area contributed by atoms with Crippen LogP contribution in [0.1, 0.15) is 111 Å². The number of hydrogen-bond acceptors (Lipinski definition) is 7. The lowest BCUT2D eigenvalue weighted by molar-refractivity contribution is -0.144. The van der Waals surface area contributed by atoms with Gasteiger partial charge in [-0.25, -0.2) is 4.79 Å². The first-order chi connectivity index (χ1) is 22.4. The normalized spacial score (nSPS) is 25.5. The number of nitrogens with one attached hydrogen (secondary N) is 4. The summed E-state index contributed by atoms with van der Waals surface area (Å²) in [5.41, 5.74) is 1.35. The number of ketones is 1. The Morgan fingerprint density at radius 2 is 1.62 bits per heavy atom. The van der Waals surface area contributed by atoms with E-state index in [4.69, 9.17) is 0 Å². The lowest BCUT2D eigenvalue weighted by Crippen LogP contribution is -2.62.